The van der Waals surface area contributed by atoms with E-state index in [9.17, 15) is 14.7 Å². The Labute approximate surface area is 217 Å². The highest BCUT2D eigenvalue weighted by Gasteiger charge is 2.46. The van der Waals surface area contributed by atoms with Crippen molar-refractivity contribution < 1.29 is 28.9 Å². The minimum Gasteiger partial charge on any atom is -0.507 e. The fraction of sp³-hybridized carbons (Fsp3) is 0.407. The fourth-order valence-corrected chi connectivity index (χ4v) is 4.25. The summed E-state index contributed by atoms with van der Waals surface area (Å²) in [4.78, 5) is 29.9. The first-order valence-electron chi connectivity index (χ1n) is 11.9. The van der Waals surface area contributed by atoms with Gasteiger partial charge < -0.3 is 29.1 Å². The van der Waals surface area contributed by atoms with Crippen molar-refractivity contribution in [2.75, 3.05) is 47.5 Å². The van der Waals surface area contributed by atoms with E-state index in [0.29, 0.717) is 42.6 Å². The van der Waals surface area contributed by atoms with Crippen LogP contribution in [0.25, 0.3) is 5.76 Å². The van der Waals surface area contributed by atoms with Crippen molar-refractivity contribution >= 4 is 29.1 Å². The van der Waals surface area contributed by atoms with E-state index in [1.807, 2.05) is 32.8 Å². The van der Waals surface area contributed by atoms with Crippen molar-refractivity contribution in [3.63, 3.8) is 0 Å². The Morgan fingerprint density at radius 3 is 2.47 bits per heavy atom. The molecule has 1 amide bonds. The lowest BCUT2D eigenvalue weighted by Gasteiger charge is -2.27. The standard InChI is InChI=1S/C27H33ClN2O6/c1-6-14-36-22-15-17(8-11-21(22)34-5)24-23(26(32)27(33)30(24)13-12-29(3)4)25(31)19-16-18(35-7-2)9-10-20(19)28/h8-11,15-16,24,31H,6-7,12-14H2,1-5H3/b25-23+. The molecule has 1 aliphatic heterocycles. The van der Waals surface area contributed by atoms with Gasteiger partial charge in [-0.3, -0.25) is 9.59 Å². The molecule has 8 nitrogen and oxygen atoms in total. The lowest BCUT2D eigenvalue weighted by molar-refractivity contribution is -0.140. The molecule has 0 spiro atoms. The average molecular weight is 517 g/mol. The molecular weight excluding hydrogens is 484 g/mol. The Morgan fingerprint density at radius 1 is 1.08 bits per heavy atom. The van der Waals surface area contributed by atoms with Gasteiger partial charge in [0.05, 0.1) is 37.0 Å². The molecule has 2 aromatic rings. The van der Waals surface area contributed by atoms with Crippen molar-refractivity contribution in [2.45, 2.75) is 26.3 Å². The number of likely N-dealkylation sites (N-methyl/N-ethyl adjacent to an activating group) is 1. The topological polar surface area (TPSA) is 88.5 Å². The maximum absolute atomic E-state index is 13.3. The predicted molar refractivity (Wildman–Crippen MR) is 139 cm³/mol. The molecule has 1 N–H and O–H groups in total. The average Bonchev–Trinajstić information content (AvgIpc) is 3.11. The molecule has 0 aliphatic carbocycles. The number of methoxy groups -OCH3 is 1. The molecule has 1 unspecified atom stereocenters. The van der Waals surface area contributed by atoms with Crippen molar-refractivity contribution in [1.29, 1.82) is 0 Å². The quantitative estimate of drug-likeness (QED) is 0.267. The van der Waals surface area contributed by atoms with Gasteiger partial charge in [0.15, 0.2) is 11.5 Å². The normalized spacial score (nSPS) is 17.1. The van der Waals surface area contributed by atoms with Crippen LogP contribution in [0.4, 0.5) is 0 Å². The highest BCUT2D eigenvalue weighted by Crippen LogP contribution is 2.43. The molecule has 3 rings (SSSR count). The Balaban J connectivity index is 2.21. The Hall–Kier alpha value is -3.23. The number of aliphatic hydroxyl groups is 1. The zero-order valence-electron chi connectivity index (χ0n) is 21.3. The van der Waals surface area contributed by atoms with E-state index >= 15 is 0 Å². The Morgan fingerprint density at radius 2 is 1.83 bits per heavy atom. The summed E-state index contributed by atoms with van der Waals surface area (Å²) in [5, 5.41) is 11.6. The van der Waals surface area contributed by atoms with Gasteiger partial charge in [-0.2, -0.15) is 0 Å². The SMILES string of the molecule is CCCOc1cc(C2/C(=C(\O)c3cc(OCC)ccc3Cl)C(=O)C(=O)N2CCN(C)C)ccc1OC. The lowest BCUT2D eigenvalue weighted by atomic mass is 9.95. The molecule has 194 valence electrons. The van der Waals surface area contributed by atoms with Crippen molar-refractivity contribution in [1.82, 2.24) is 9.80 Å². The summed E-state index contributed by atoms with van der Waals surface area (Å²) in [6, 6.07) is 9.23. The lowest BCUT2D eigenvalue weighted by Crippen LogP contribution is -2.35. The van der Waals surface area contributed by atoms with Crippen LogP contribution in [-0.4, -0.2) is 74.1 Å². The number of carbonyl (C=O) groups excluding carboxylic acids is 2. The molecule has 9 heteroatoms. The first-order valence-corrected chi connectivity index (χ1v) is 12.3. The molecule has 1 aliphatic rings. The van der Waals surface area contributed by atoms with Crippen molar-refractivity contribution in [3.8, 4) is 17.2 Å². The van der Waals surface area contributed by atoms with Crippen LogP contribution < -0.4 is 14.2 Å². The number of amides is 1. The van der Waals surface area contributed by atoms with Gasteiger partial charge in [-0.15, -0.1) is 0 Å². The smallest absolute Gasteiger partial charge is 0.295 e. The minimum absolute atomic E-state index is 0.0408. The van der Waals surface area contributed by atoms with Gasteiger partial charge in [-0.1, -0.05) is 24.6 Å². The number of hydrogen-bond acceptors (Lipinski definition) is 7. The number of rotatable bonds is 11. The van der Waals surface area contributed by atoms with Gasteiger partial charge in [-0.05, 0) is 63.3 Å². The molecular formula is C27H33ClN2O6. The van der Waals surface area contributed by atoms with Crippen LogP contribution in [-0.2, 0) is 9.59 Å². The number of carbonyl (C=O) groups is 2. The van der Waals surface area contributed by atoms with Crippen LogP contribution in [0.1, 0.15) is 37.4 Å². The number of Topliss-reactive ketones (excluding diaryl/α,β-unsaturated/α-hetero) is 1. The number of aliphatic hydroxyl groups excluding tert-OH is 1. The molecule has 1 fully saturated rings. The zero-order valence-corrected chi connectivity index (χ0v) is 22.1. The second kappa shape index (κ2) is 12.1. The summed E-state index contributed by atoms with van der Waals surface area (Å²) in [7, 11) is 5.31. The summed E-state index contributed by atoms with van der Waals surface area (Å²) in [5.74, 6) is -0.310. The van der Waals surface area contributed by atoms with E-state index in [1.54, 1.807) is 43.5 Å². The van der Waals surface area contributed by atoms with Crippen LogP contribution in [0.5, 0.6) is 17.2 Å². The van der Waals surface area contributed by atoms with E-state index in [1.165, 1.54) is 4.90 Å². The van der Waals surface area contributed by atoms with Gasteiger partial charge in [-0.25, -0.2) is 0 Å². The second-order valence-electron chi connectivity index (χ2n) is 8.63. The highest BCUT2D eigenvalue weighted by atomic mass is 35.5. The van der Waals surface area contributed by atoms with E-state index in [-0.39, 0.29) is 28.5 Å². The number of halogens is 1. The monoisotopic (exact) mass is 516 g/mol. The third-order valence-electron chi connectivity index (χ3n) is 5.80. The fourth-order valence-electron chi connectivity index (χ4n) is 4.04. The summed E-state index contributed by atoms with van der Waals surface area (Å²) < 4.78 is 16.8. The molecule has 0 bridgehead atoms. The van der Waals surface area contributed by atoms with E-state index in [2.05, 4.69) is 0 Å². The largest absolute Gasteiger partial charge is 0.507 e. The Kier molecular flexibility index (Phi) is 9.23. The van der Waals surface area contributed by atoms with Crippen LogP contribution in [0, 0.1) is 0 Å². The summed E-state index contributed by atoms with van der Waals surface area (Å²) in [6.45, 7) is 5.53. The van der Waals surface area contributed by atoms with E-state index in [4.69, 9.17) is 25.8 Å². The van der Waals surface area contributed by atoms with Gasteiger partial charge >= 0.3 is 0 Å². The number of benzene rings is 2. The van der Waals surface area contributed by atoms with Crippen molar-refractivity contribution in [2.24, 2.45) is 0 Å². The number of ether oxygens (including phenoxy) is 3. The maximum atomic E-state index is 13.3. The number of hydrogen-bond donors (Lipinski definition) is 1. The van der Waals surface area contributed by atoms with Gasteiger partial charge in [0, 0.05) is 18.7 Å². The third-order valence-corrected chi connectivity index (χ3v) is 6.13. The molecule has 0 aromatic heterocycles. The summed E-state index contributed by atoms with van der Waals surface area (Å²) >= 11 is 6.41. The van der Waals surface area contributed by atoms with E-state index < -0.39 is 17.7 Å². The number of ketones is 1. The maximum Gasteiger partial charge on any atom is 0.295 e. The third kappa shape index (κ3) is 5.77. The minimum atomic E-state index is -0.841. The molecule has 1 atom stereocenters. The number of nitrogens with zero attached hydrogens (tertiary/aromatic N) is 2. The molecule has 36 heavy (non-hydrogen) atoms. The molecule has 0 saturated carbocycles. The van der Waals surface area contributed by atoms with Gasteiger partial charge in [0.1, 0.15) is 11.5 Å². The van der Waals surface area contributed by atoms with Crippen LogP contribution in [0.3, 0.4) is 0 Å². The summed E-state index contributed by atoms with van der Waals surface area (Å²) in [5.41, 5.74) is 0.786. The van der Waals surface area contributed by atoms with E-state index in [0.717, 1.165) is 6.42 Å². The molecule has 1 heterocycles. The second-order valence-corrected chi connectivity index (χ2v) is 9.04. The molecule has 1 saturated heterocycles. The van der Waals surface area contributed by atoms with Crippen LogP contribution in [0.15, 0.2) is 42.0 Å². The van der Waals surface area contributed by atoms with Gasteiger partial charge in [0.25, 0.3) is 11.7 Å². The first kappa shape index (κ1) is 27.4. The van der Waals surface area contributed by atoms with Crippen LogP contribution in [0.2, 0.25) is 5.02 Å². The predicted octanol–water partition coefficient (Wildman–Crippen LogP) is 4.52. The number of likely N-dealkylation sites (tertiary alicyclic amines) is 1. The summed E-state index contributed by atoms with van der Waals surface area (Å²) in [6.07, 6.45) is 0.795. The highest BCUT2D eigenvalue weighted by molar-refractivity contribution is 6.47. The Bertz CT molecular complexity index is 1150. The van der Waals surface area contributed by atoms with Gasteiger partial charge in [0.2, 0.25) is 0 Å². The first-order chi connectivity index (χ1) is 17.2. The van der Waals surface area contributed by atoms with Crippen molar-refractivity contribution in [3.05, 3.63) is 58.1 Å². The zero-order chi connectivity index (χ0) is 26.4. The molecule has 0 radical (unpaired) electrons. The van der Waals surface area contributed by atoms with Crippen LogP contribution >= 0.6 is 11.6 Å². The molecule has 2 aromatic carbocycles.